The molecular weight excluding hydrogens is 161 g/mol. The monoisotopic (exact) mass is 175 g/mol. The van der Waals surface area contributed by atoms with Crippen molar-refractivity contribution in [1.82, 2.24) is 4.98 Å². The van der Waals surface area contributed by atoms with E-state index in [4.69, 9.17) is 4.74 Å². The molecule has 0 bridgehead atoms. The van der Waals surface area contributed by atoms with Gasteiger partial charge in [0.25, 0.3) is 0 Å². The Morgan fingerprint density at radius 1 is 1.25 bits per heavy atom. The van der Waals surface area contributed by atoms with Crippen LogP contribution in [0.25, 0.3) is 0 Å². The summed E-state index contributed by atoms with van der Waals surface area (Å²) in [5.41, 5.74) is 3.26. The first kappa shape index (κ1) is 11.9. The molecule has 0 N–H and O–H groups in total. The zero-order chi connectivity index (χ0) is 8.43. The van der Waals surface area contributed by atoms with Gasteiger partial charge in [0.15, 0.2) is 0 Å². The predicted molar refractivity (Wildman–Crippen MR) is 52.1 cm³/mol. The van der Waals surface area contributed by atoms with Gasteiger partial charge in [-0.15, -0.1) is 0 Å². The molecule has 1 aromatic rings. The number of pyridine rings is 1. The van der Waals surface area contributed by atoms with Crippen LogP contribution in [0.15, 0.2) is 6.20 Å². The van der Waals surface area contributed by atoms with Crippen LogP contribution in [0.5, 0.6) is 5.75 Å². The summed E-state index contributed by atoms with van der Waals surface area (Å²) in [6.07, 6.45) is 1.83. The van der Waals surface area contributed by atoms with Crippen molar-refractivity contribution in [2.75, 3.05) is 7.11 Å². The van der Waals surface area contributed by atoms with E-state index in [2.05, 4.69) is 4.98 Å². The molecule has 0 amide bonds. The molecule has 1 heterocycles. The van der Waals surface area contributed by atoms with E-state index in [9.17, 15) is 0 Å². The topological polar surface area (TPSA) is 22.1 Å². The second kappa shape index (κ2) is 4.85. The molecule has 0 fully saturated rings. The summed E-state index contributed by atoms with van der Waals surface area (Å²) < 4.78 is 5.22. The molecule has 0 radical (unpaired) electrons. The van der Waals surface area contributed by atoms with Crippen LogP contribution in [0.4, 0.5) is 0 Å². The molecule has 2 nitrogen and oxygen atoms in total. The van der Waals surface area contributed by atoms with Crippen molar-refractivity contribution in [2.24, 2.45) is 0 Å². The molecule has 0 aliphatic carbocycles. The molecule has 0 aromatic carbocycles. The maximum atomic E-state index is 5.22. The summed E-state index contributed by atoms with van der Waals surface area (Å²) in [5, 5.41) is 0. The van der Waals surface area contributed by atoms with Gasteiger partial charge in [0.1, 0.15) is 5.75 Å². The van der Waals surface area contributed by atoms with E-state index in [0.29, 0.717) is 0 Å². The number of nitrogens with zero attached hydrogens (tertiary/aromatic N) is 1. The van der Waals surface area contributed by atoms with E-state index in [1.807, 2.05) is 27.0 Å². The second-order valence-electron chi connectivity index (χ2n) is 2.68. The summed E-state index contributed by atoms with van der Waals surface area (Å²) in [7, 11) is 1.69. The number of rotatable bonds is 1. The molecule has 1 aromatic heterocycles. The standard InChI is InChI=1S/C9H13NO.Na.H/c1-6-5-10-8(3)7(2)9(6)11-4;;/h5H,1-4H3;;. The Morgan fingerprint density at radius 2 is 1.83 bits per heavy atom. The SMILES string of the molecule is COc1c(C)cnc(C)c1C.[NaH]. The quantitative estimate of drug-likeness (QED) is 0.601. The molecule has 0 aliphatic heterocycles. The van der Waals surface area contributed by atoms with Crippen LogP contribution < -0.4 is 4.74 Å². The first-order chi connectivity index (χ1) is 5.16. The Bertz CT molecular complexity index is 273. The van der Waals surface area contributed by atoms with E-state index in [1.54, 1.807) is 7.11 Å². The number of hydrogen-bond acceptors (Lipinski definition) is 2. The van der Waals surface area contributed by atoms with Gasteiger partial charge in [-0.05, 0) is 20.8 Å². The van der Waals surface area contributed by atoms with Gasteiger partial charge in [0.2, 0.25) is 0 Å². The fraction of sp³-hybridized carbons (Fsp3) is 0.444. The van der Waals surface area contributed by atoms with Gasteiger partial charge < -0.3 is 4.74 Å². The molecule has 0 unspecified atom stereocenters. The van der Waals surface area contributed by atoms with Crippen molar-refractivity contribution in [2.45, 2.75) is 20.8 Å². The Labute approximate surface area is 95.6 Å². The van der Waals surface area contributed by atoms with E-state index in [1.165, 1.54) is 0 Å². The maximum absolute atomic E-state index is 5.22. The normalized spacial score (nSPS) is 9.00. The zero-order valence-corrected chi connectivity index (χ0v) is 7.43. The van der Waals surface area contributed by atoms with Gasteiger partial charge >= 0.3 is 29.6 Å². The molecule has 0 aliphatic rings. The summed E-state index contributed by atoms with van der Waals surface area (Å²) in [4.78, 5) is 4.21. The van der Waals surface area contributed by atoms with Crippen LogP contribution in [0, 0.1) is 20.8 Å². The fourth-order valence-corrected chi connectivity index (χ4v) is 1.12. The predicted octanol–water partition coefficient (Wildman–Crippen LogP) is 1.37. The van der Waals surface area contributed by atoms with Gasteiger partial charge in [-0.2, -0.15) is 0 Å². The van der Waals surface area contributed by atoms with Gasteiger partial charge in [0, 0.05) is 23.0 Å². The first-order valence-electron chi connectivity index (χ1n) is 3.63. The second-order valence-corrected chi connectivity index (χ2v) is 2.68. The molecular formula is C9H14NNaO. The number of ether oxygens (including phenoxy) is 1. The van der Waals surface area contributed by atoms with Gasteiger partial charge in [0.05, 0.1) is 7.11 Å². The first-order valence-corrected chi connectivity index (χ1v) is 3.63. The number of hydrogen-bond donors (Lipinski definition) is 0. The third-order valence-electron chi connectivity index (χ3n) is 1.90. The molecule has 1 rings (SSSR count). The van der Waals surface area contributed by atoms with Crippen LogP contribution in [0.3, 0.4) is 0 Å². The van der Waals surface area contributed by atoms with E-state index >= 15 is 0 Å². The number of methoxy groups -OCH3 is 1. The number of aromatic nitrogens is 1. The summed E-state index contributed by atoms with van der Waals surface area (Å²) in [5.74, 6) is 0.956. The molecule has 12 heavy (non-hydrogen) atoms. The minimum absolute atomic E-state index is 0. The van der Waals surface area contributed by atoms with Crippen LogP contribution in [-0.4, -0.2) is 41.7 Å². The summed E-state index contributed by atoms with van der Waals surface area (Å²) in [6.45, 7) is 6.00. The number of aryl methyl sites for hydroxylation is 2. The van der Waals surface area contributed by atoms with Crippen molar-refractivity contribution in [3.05, 3.63) is 23.0 Å². The molecule has 62 valence electrons. The van der Waals surface area contributed by atoms with E-state index in [-0.39, 0.29) is 29.6 Å². The average molecular weight is 175 g/mol. The van der Waals surface area contributed by atoms with Gasteiger partial charge in [-0.25, -0.2) is 0 Å². The third kappa shape index (κ3) is 2.22. The Kier molecular flexibility index (Phi) is 4.83. The zero-order valence-electron chi connectivity index (χ0n) is 7.43. The van der Waals surface area contributed by atoms with Crippen molar-refractivity contribution < 1.29 is 4.74 Å². The molecule has 0 spiro atoms. The van der Waals surface area contributed by atoms with E-state index < -0.39 is 0 Å². The van der Waals surface area contributed by atoms with Crippen molar-refractivity contribution in [3.63, 3.8) is 0 Å². The fourth-order valence-electron chi connectivity index (χ4n) is 1.12. The van der Waals surface area contributed by atoms with Crippen molar-refractivity contribution >= 4 is 29.6 Å². The summed E-state index contributed by atoms with van der Waals surface area (Å²) >= 11 is 0. The average Bonchev–Trinajstić information content (AvgIpc) is 1.99. The van der Waals surface area contributed by atoms with Crippen LogP contribution in [-0.2, 0) is 0 Å². The molecule has 3 heteroatoms. The Balaban J connectivity index is 0.00000121. The minimum atomic E-state index is 0. The molecule has 0 atom stereocenters. The van der Waals surface area contributed by atoms with Crippen molar-refractivity contribution in [3.8, 4) is 5.75 Å². The van der Waals surface area contributed by atoms with Crippen LogP contribution in [0.1, 0.15) is 16.8 Å². The Hall–Kier alpha value is -0.0500. The van der Waals surface area contributed by atoms with Crippen LogP contribution >= 0.6 is 0 Å². The molecule has 0 saturated carbocycles. The van der Waals surface area contributed by atoms with Gasteiger partial charge in [-0.3, -0.25) is 4.98 Å². The molecule has 0 saturated heterocycles. The van der Waals surface area contributed by atoms with Gasteiger partial charge in [-0.1, -0.05) is 0 Å². The van der Waals surface area contributed by atoms with Crippen LogP contribution in [0.2, 0.25) is 0 Å². The summed E-state index contributed by atoms with van der Waals surface area (Å²) in [6, 6.07) is 0. The van der Waals surface area contributed by atoms with E-state index in [0.717, 1.165) is 22.6 Å². The third-order valence-corrected chi connectivity index (χ3v) is 1.90. The van der Waals surface area contributed by atoms with Crippen molar-refractivity contribution in [1.29, 1.82) is 0 Å². The Morgan fingerprint density at radius 3 is 2.25 bits per heavy atom.